The van der Waals surface area contributed by atoms with Crippen LogP contribution in [-0.2, 0) is 4.74 Å². The highest BCUT2D eigenvalue weighted by Crippen LogP contribution is 2.23. The van der Waals surface area contributed by atoms with Crippen LogP contribution in [0, 0.1) is 0 Å². The molecule has 0 atom stereocenters. The van der Waals surface area contributed by atoms with Gasteiger partial charge in [-0.2, -0.15) is 0 Å². The van der Waals surface area contributed by atoms with E-state index in [9.17, 15) is 9.59 Å². The number of nitrogens with one attached hydrogen (secondary N) is 1. The average molecular weight is 442 g/mol. The van der Waals surface area contributed by atoms with E-state index in [0.29, 0.717) is 17.9 Å². The monoisotopic (exact) mass is 441 g/mol. The van der Waals surface area contributed by atoms with Crippen molar-refractivity contribution in [2.24, 2.45) is 0 Å². The van der Waals surface area contributed by atoms with Crippen LogP contribution in [0.25, 0.3) is 0 Å². The molecule has 1 N–H and O–H groups in total. The van der Waals surface area contributed by atoms with Crippen molar-refractivity contribution >= 4 is 27.9 Å². The average Bonchev–Trinajstić information content (AvgIpc) is 2.57. The molecule has 0 radical (unpaired) electrons. The van der Waals surface area contributed by atoms with Crippen LogP contribution in [-0.4, -0.2) is 73.8 Å². The van der Waals surface area contributed by atoms with Gasteiger partial charge in [-0.3, -0.25) is 4.79 Å². The summed E-state index contributed by atoms with van der Waals surface area (Å²) in [5.41, 5.74) is 0.0531. The molecule has 1 fully saturated rings. The number of nitrogens with zero attached hydrogens (tertiary/aromatic N) is 2. The molecular weight excluding hydrogens is 414 g/mol. The Morgan fingerprint density at radius 1 is 1.15 bits per heavy atom. The van der Waals surface area contributed by atoms with Crippen LogP contribution < -0.4 is 10.1 Å². The molecule has 0 saturated carbocycles. The quantitative estimate of drug-likeness (QED) is 0.711. The van der Waals surface area contributed by atoms with Crippen molar-refractivity contribution < 1.29 is 19.1 Å². The van der Waals surface area contributed by atoms with E-state index in [-0.39, 0.29) is 12.5 Å². The lowest BCUT2D eigenvalue weighted by Crippen LogP contribution is -2.47. The fourth-order valence-electron chi connectivity index (χ4n) is 2.60. The summed E-state index contributed by atoms with van der Waals surface area (Å²) in [6.07, 6.45) is -0.480. The first kappa shape index (κ1) is 21.5. The number of hydrogen-bond donors (Lipinski definition) is 1. The predicted molar refractivity (Wildman–Crippen MR) is 107 cm³/mol. The van der Waals surface area contributed by atoms with Crippen LogP contribution in [0.4, 0.5) is 4.79 Å². The summed E-state index contributed by atoms with van der Waals surface area (Å²) in [5.74, 6) is 0.578. The number of ether oxygens (including phenoxy) is 2. The third kappa shape index (κ3) is 7.38. The van der Waals surface area contributed by atoms with Gasteiger partial charge >= 0.3 is 6.09 Å². The van der Waals surface area contributed by atoms with Gasteiger partial charge in [-0.15, -0.1) is 0 Å². The Hall–Kier alpha value is -1.80. The van der Waals surface area contributed by atoms with Crippen LogP contribution in [0.5, 0.6) is 5.75 Å². The second-order valence-corrected chi connectivity index (χ2v) is 8.46. The van der Waals surface area contributed by atoms with Gasteiger partial charge in [0.25, 0.3) is 5.91 Å². The maximum atomic E-state index is 12.7. The van der Waals surface area contributed by atoms with Gasteiger partial charge in [0.15, 0.2) is 0 Å². The highest BCUT2D eigenvalue weighted by atomic mass is 79.9. The van der Waals surface area contributed by atoms with E-state index in [2.05, 4.69) is 33.2 Å². The zero-order chi connectivity index (χ0) is 20.0. The number of alkyl carbamates (subject to hydrolysis) is 1. The molecule has 0 spiro atoms. The molecule has 0 aliphatic carbocycles. The number of benzene rings is 1. The minimum Gasteiger partial charge on any atom is -0.492 e. The second-order valence-electron chi connectivity index (χ2n) is 7.55. The zero-order valence-corrected chi connectivity index (χ0v) is 18.0. The van der Waals surface area contributed by atoms with Crippen LogP contribution >= 0.6 is 15.9 Å². The molecule has 1 aromatic rings. The van der Waals surface area contributed by atoms with Gasteiger partial charge in [-0.1, -0.05) is 15.9 Å². The number of piperazine rings is 1. The fraction of sp³-hybridized carbons (Fsp3) is 0.579. The van der Waals surface area contributed by atoms with Crippen molar-refractivity contribution in [3.8, 4) is 5.75 Å². The summed E-state index contributed by atoms with van der Waals surface area (Å²) < 4.78 is 11.6. The molecule has 2 amide bonds. The summed E-state index contributed by atoms with van der Waals surface area (Å²) in [6.45, 7) is 9.20. The molecule has 1 aromatic carbocycles. The van der Waals surface area contributed by atoms with Crippen LogP contribution in [0.15, 0.2) is 22.7 Å². The third-order valence-corrected chi connectivity index (χ3v) is 4.41. The van der Waals surface area contributed by atoms with Crippen LogP contribution in [0.2, 0.25) is 0 Å². The smallest absolute Gasteiger partial charge is 0.407 e. The zero-order valence-electron chi connectivity index (χ0n) is 16.4. The number of rotatable bonds is 5. The van der Waals surface area contributed by atoms with E-state index < -0.39 is 11.7 Å². The molecule has 2 rings (SSSR count). The Balaban J connectivity index is 1.87. The number of carbonyl (C=O) groups is 2. The Labute approximate surface area is 169 Å². The van der Waals surface area contributed by atoms with Crippen molar-refractivity contribution in [3.63, 3.8) is 0 Å². The maximum absolute atomic E-state index is 12.7. The lowest BCUT2D eigenvalue weighted by atomic mass is 10.1. The predicted octanol–water partition coefficient (Wildman–Crippen LogP) is 2.74. The summed E-state index contributed by atoms with van der Waals surface area (Å²) in [5, 5.41) is 2.64. The summed E-state index contributed by atoms with van der Waals surface area (Å²) in [7, 11) is 2.05. The number of carbonyl (C=O) groups excluding carboxylic acids is 2. The fourth-order valence-corrected chi connectivity index (χ4v) is 3.07. The highest BCUT2D eigenvalue weighted by molar-refractivity contribution is 9.10. The SMILES string of the molecule is CN1CCN(C(=O)c2cc(Br)cc(OCCNC(=O)OC(C)(C)C)c2)CC1. The highest BCUT2D eigenvalue weighted by Gasteiger charge is 2.21. The number of likely N-dealkylation sites (N-methyl/N-ethyl adjacent to an activating group) is 1. The van der Waals surface area contributed by atoms with E-state index in [0.717, 1.165) is 30.7 Å². The first-order valence-electron chi connectivity index (χ1n) is 9.02. The van der Waals surface area contributed by atoms with Gasteiger partial charge in [0.05, 0.1) is 6.54 Å². The van der Waals surface area contributed by atoms with Crippen molar-refractivity contribution in [1.29, 1.82) is 0 Å². The molecule has 8 heteroatoms. The van der Waals surface area contributed by atoms with Crippen LogP contribution in [0.1, 0.15) is 31.1 Å². The van der Waals surface area contributed by atoms with Crippen molar-refractivity contribution in [2.45, 2.75) is 26.4 Å². The third-order valence-electron chi connectivity index (χ3n) is 3.95. The lowest BCUT2D eigenvalue weighted by molar-refractivity contribution is 0.0520. The second kappa shape index (κ2) is 9.41. The van der Waals surface area contributed by atoms with Crippen molar-refractivity contribution in [2.75, 3.05) is 46.4 Å². The Morgan fingerprint density at radius 3 is 2.44 bits per heavy atom. The summed E-state index contributed by atoms with van der Waals surface area (Å²) in [4.78, 5) is 28.4. The topological polar surface area (TPSA) is 71.1 Å². The largest absolute Gasteiger partial charge is 0.492 e. The summed E-state index contributed by atoms with van der Waals surface area (Å²) in [6, 6.07) is 5.33. The minimum atomic E-state index is -0.534. The lowest BCUT2D eigenvalue weighted by Gasteiger charge is -2.32. The number of hydrogen-bond acceptors (Lipinski definition) is 5. The number of halogens is 1. The van der Waals surface area contributed by atoms with Gasteiger partial charge in [-0.25, -0.2) is 4.79 Å². The molecule has 1 aliphatic heterocycles. The van der Waals surface area contributed by atoms with E-state index in [1.165, 1.54) is 0 Å². The minimum absolute atomic E-state index is 0.00105. The van der Waals surface area contributed by atoms with E-state index in [1.807, 2.05) is 25.7 Å². The number of amides is 2. The van der Waals surface area contributed by atoms with Gasteiger partial charge in [-0.05, 0) is 46.0 Å². The standard InChI is InChI=1S/C19H28BrN3O4/c1-19(2,3)27-18(25)21-5-10-26-16-12-14(11-15(20)13-16)17(24)23-8-6-22(4)7-9-23/h11-13H,5-10H2,1-4H3,(H,21,25). The Kier molecular flexibility index (Phi) is 7.49. The Bertz CT molecular complexity index is 667. The van der Waals surface area contributed by atoms with Gasteiger partial charge in [0.2, 0.25) is 0 Å². The van der Waals surface area contributed by atoms with Gasteiger partial charge in [0, 0.05) is 36.2 Å². The molecule has 7 nitrogen and oxygen atoms in total. The normalized spacial score (nSPS) is 15.4. The van der Waals surface area contributed by atoms with E-state index in [4.69, 9.17) is 9.47 Å². The van der Waals surface area contributed by atoms with Crippen molar-refractivity contribution in [1.82, 2.24) is 15.1 Å². The molecule has 150 valence electrons. The maximum Gasteiger partial charge on any atom is 0.407 e. The van der Waals surface area contributed by atoms with Gasteiger partial charge < -0.3 is 24.6 Å². The molecule has 0 unspecified atom stereocenters. The van der Waals surface area contributed by atoms with Crippen LogP contribution in [0.3, 0.4) is 0 Å². The molecule has 0 aromatic heterocycles. The van der Waals surface area contributed by atoms with Gasteiger partial charge in [0.1, 0.15) is 18.0 Å². The van der Waals surface area contributed by atoms with E-state index >= 15 is 0 Å². The first-order valence-corrected chi connectivity index (χ1v) is 9.81. The molecule has 27 heavy (non-hydrogen) atoms. The van der Waals surface area contributed by atoms with Crippen molar-refractivity contribution in [3.05, 3.63) is 28.2 Å². The van der Waals surface area contributed by atoms with E-state index in [1.54, 1.807) is 18.2 Å². The molecule has 1 aliphatic rings. The first-order chi connectivity index (χ1) is 12.6. The Morgan fingerprint density at radius 2 is 1.81 bits per heavy atom. The molecular formula is C19H28BrN3O4. The molecule has 1 saturated heterocycles. The molecule has 1 heterocycles. The molecule has 0 bridgehead atoms. The summed E-state index contributed by atoms with van der Waals surface area (Å²) >= 11 is 3.43.